The fourth-order valence-corrected chi connectivity index (χ4v) is 3.44. The van der Waals surface area contributed by atoms with Gasteiger partial charge < -0.3 is 35.2 Å². The van der Waals surface area contributed by atoms with Crippen LogP contribution in [0.3, 0.4) is 0 Å². The lowest BCUT2D eigenvalue weighted by molar-refractivity contribution is -0.141. The molecule has 0 unspecified atom stereocenters. The van der Waals surface area contributed by atoms with Crippen molar-refractivity contribution in [2.75, 3.05) is 19.5 Å². The number of aliphatic carboxylic acids is 2. The van der Waals surface area contributed by atoms with Gasteiger partial charge in [0, 0.05) is 5.75 Å². The fraction of sp³-hybridized carbons (Fsp3) is 0.333. The summed E-state index contributed by atoms with van der Waals surface area (Å²) >= 11 is 1.04. The topological polar surface area (TPSA) is 171 Å². The van der Waals surface area contributed by atoms with Gasteiger partial charge in [-0.3, -0.25) is 4.79 Å². The zero-order chi connectivity index (χ0) is 20.0. The summed E-state index contributed by atoms with van der Waals surface area (Å²) in [7, 11) is 1.21. The molecular formula is C15H17N3O8S. The summed E-state index contributed by atoms with van der Waals surface area (Å²) in [6.07, 6.45) is 1.31. The molecule has 1 amide bonds. The minimum absolute atomic E-state index is 0.0661. The minimum Gasteiger partial charge on any atom is -0.480 e. The molecule has 0 fully saturated rings. The normalized spacial score (nSPS) is 18.4. The Hall–Kier alpha value is -2.99. The molecule has 11 nitrogen and oxygen atoms in total. The number of aliphatic hydroxyl groups excluding tert-OH is 1. The molecule has 2 rings (SSSR count). The summed E-state index contributed by atoms with van der Waals surface area (Å²) in [5, 5.41) is 35.3. The van der Waals surface area contributed by atoms with Gasteiger partial charge in [-0.2, -0.15) is 0 Å². The number of amides is 1. The maximum absolute atomic E-state index is 12.5. The number of rotatable bonds is 8. The van der Waals surface area contributed by atoms with E-state index in [1.165, 1.54) is 25.5 Å². The molecule has 2 heterocycles. The predicted molar refractivity (Wildman–Crippen MR) is 92.9 cm³/mol. The average molecular weight is 399 g/mol. The Morgan fingerprint density at radius 1 is 1.48 bits per heavy atom. The van der Waals surface area contributed by atoms with E-state index in [1.807, 2.05) is 0 Å². The monoisotopic (exact) mass is 399 g/mol. The maximum Gasteiger partial charge on any atom is 0.352 e. The van der Waals surface area contributed by atoms with E-state index in [2.05, 4.69) is 20.6 Å². The maximum atomic E-state index is 12.5. The molecule has 1 aliphatic heterocycles. The Bertz CT molecular complexity index is 774. The molecule has 0 spiro atoms. The van der Waals surface area contributed by atoms with Crippen LogP contribution in [0.5, 0.6) is 0 Å². The van der Waals surface area contributed by atoms with Crippen LogP contribution in [-0.2, 0) is 19.2 Å². The lowest BCUT2D eigenvalue weighted by Crippen LogP contribution is -2.56. The molecule has 1 aromatic heterocycles. The van der Waals surface area contributed by atoms with Crippen molar-refractivity contribution in [3.63, 3.8) is 0 Å². The van der Waals surface area contributed by atoms with Gasteiger partial charge in [-0.1, -0.05) is 5.16 Å². The van der Waals surface area contributed by atoms with Gasteiger partial charge in [-0.05, 0) is 17.7 Å². The van der Waals surface area contributed by atoms with Crippen molar-refractivity contribution in [3.05, 3.63) is 35.4 Å². The second-order valence-electron chi connectivity index (χ2n) is 5.21. The second-order valence-corrected chi connectivity index (χ2v) is 6.34. The number of carboxylic acids is 2. The molecule has 0 saturated heterocycles. The van der Waals surface area contributed by atoms with Crippen LogP contribution in [0, 0.1) is 0 Å². The first-order valence-electron chi connectivity index (χ1n) is 7.52. The summed E-state index contributed by atoms with van der Waals surface area (Å²) in [6, 6.07) is 1.47. The lowest BCUT2D eigenvalue weighted by atomic mass is 10.2. The first-order valence-corrected chi connectivity index (χ1v) is 8.57. The number of furan rings is 1. The third-order valence-corrected chi connectivity index (χ3v) is 4.75. The highest BCUT2D eigenvalue weighted by Crippen LogP contribution is 2.24. The smallest absolute Gasteiger partial charge is 0.352 e. The van der Waals surface area contributed by atoms with Gasteiger partial charge in [-0.15, -0.1) is 11.8 Å². The highest BCUT2D eigenvalue weighted by atomic mass is 32.2. The number of nitrogens with zero attached hydrogens (tertiary/aromatic N) is 1. The molecule has 0 saturated carbocycles. The van der Waals surface area contributed by atoms with Gasteiger partial charge in [0.1, 0.15) is 18.2 Å². The summed E-state index contributed by atoms with van der Waals surface area (Å²) in [5.41, 5.74) is -0.352. The van der Waals surface area contributed by atoms with Crippen LogP contribution >= 0.6 is 11.8 Å². The first kappa shape index (κ1) is 20.3. The number of carboxylic acid groups (broad SMARTS) is 2. The number of hydrogen-bond acceptors (Lipinski definition) is 9. The van der Waals surface area contributed by atoms with Gasteiger partial charge in [0.15, 0.2) is 11.8 Å². The third kappa shape index (κ3) is 4.80. The number of hydrogen-bond donors (Lipinski definition) is 5. The summed E-state index contributed by atoms with van der Waals surface area (Å²) < 4.78 is 5.08. The van der Waals surface area contributed by atoms with Gasteiger partial charge >= 0.3 is 11.9 Å². The molecule has 0 bridgehead atoms. The molecule has 2 atom stereocenters. The van der Waals surface area contributed by atoms with E-state index in [0.29, 0.717) is 0 Å². The predicted octanol–water partition coefficient (Wildman–Crippen LogP) is -0.807. The average Bonchev–Trinajstić information content (AvgIpc) is 3.17. The third-order valence-electron chi connectivity index (χ3n) is 3.49. The Balaban J connectivity index is 2.22. The summed E-state index contributed by atoms with van der Waals surface area (Å²) in [4.78, 5) is 40.0. The number of aliphatic hydroxyl groups is 1. The van der Waals surface area contributed by atoms with Gasteiger partial charge in [0.2, 0.25) is 5.71 Å². The van der Waals surface area contributed by atoms with Crippen molar-refractivity contribution in [1.29, 1.82) is 0 Å². The second kappa shape index (κ2) is 9.09. The summed E-state index contributed by atoms with van der Waals surface area (Å²) in [5.74, 6) is -3.45. The molecule has 12 heteroatoms. The van der Waals surface area contributed by atoms with E-state index in [1.54, 1.807) is 0 Å². The van der Waals surface area contributed by atoms with E-state index in [-0.39, 0.29) is 28.5 Å². The van der Waals surface area contributed by atoms with Crippen molar-refractivity contribution < 1.29 is 39.0 Å². The van der Waals surface area contributed by atoms with Gasteiger partial charge in [0.05, 0.1) is 12.9 Å². The van der Waals surface area contributed by atoms with E-state index in [0.717, 1.165) is 11.8 Å². The zero-order valence-corrected chi connectivity index (χ0v) is 14.9. The highest BCUT2D eigenvalue weighted by Gasteiger charge is 2.36. The van der Waals surface area contributed by atoms with Crippen LogP contribution in [-0.4, -0.2) is 69.8 Å². The number of nitrogens with one attached hydrogen (secondary N) is 2. The lowest BCUT2D eigenvalue weighted by Gasteiger charge is -2.31. The fourth-order valence-electron chi connectivity index (χ4n) is 2.25. The molecule has 5 N–H and O–H groups in total. The van der Waals surface area contributed by atoms with Crippen LogP contribution in [0.4, 0.5) is 0 Å². The van der Waals surface area contributed by atoms with E-state index in [4.69, 9.17) is 4.42 Å². The van der Waals surface area contributed by atoms with Gasteiger partial charge in [0.25, 0.3) is 5.91 Å². The summed E-state index contributed by atoms with van der Waals surface area (Å²) in [6.45, 7) is -0.485. The molecule has 1 aliphatic rings. The van der Waals surface area contributed by atoms with Crippen molar-refractivity contribution in [2.24, 2.45) is 5.16 Å². The number of thioether (sulfide) groups is 1. The van der Waals surface area contributed by atoms with E-state index in [9.17, 15) is 29.7 Å². The number of carbonyl (C=O) groups excluding carboxylic acids is 1. The van der Waals surface area contributed by atoms with Crippen molar-refractivity contribution >= 4 is 35.3 Å². The standard InChI is InChI=1S/C15H17N3O8S/c1-25-18-10(8-3-2-4-26-8)12(20)16-11(15(23)24)13-17-9(14(21)22)7(5-19)6-27-13/h2-4,11,13,17,19H,5-6H2,1H3,(H,16,20)(H,21,22)(H,23,24)/b18-10+/t11-,13-/m1/s1. The zero-order valence-electron chi connectivity index (χ0n) is 14.0. The first-order chi connectivity index (χ1) is 12.9. The molecule has 0 radical (unpaired) electrons. The molecule has 0 aliphatic carbocycles. The van der Waals surface area contributed by atoms with Crippen molar-refractivity contribution in [1.82, 2.24) is 10.6 Å². The Morgan fingerprint density at radius 2 is 2.22 bits per heavy atom. The molecule has 1 aromatic rings. The molecule has 0 aromatic carbocycles. The van der Waals surface area contributed by atoms with E-state index >= 15 is 0 Å². The van der Waals surface area contributed by atoms with Crippen LogP contribution in [0.2, 0.25) is 0 Å². The van der Waals surface area contributed by atoms with Crippen LogP contribution in [0.1, 0.15) is 5.76 Å². The van der Waals surface area contributed by atoms with E-state index < -0.39 is 35.9 Å². The Morgan fingerprint density at radius 3 is 2.74 bits per heavy atom. The van der Waals surface area contributed by atoms with Crippen molar-refractivity contribution in [3.8, 4) is 0 Å². The van der Waals surface area contributed by atoms with Crippen LogP contribution < -0.4 is 10.6 Å². The minimum atomic E-state index is -1.49. The van der Waals surface area contributed by atoms with Gasteiger partial charge in [-0.25, -0.2) is 9.59 Å². The SMILES string of the molecule is CO/N=C(/C(=O)N[C@@H](C(=O)O)[C@@H]1NC(C(=O)O)=C(CO)CS1)c1ccco1. The largest absolute Gasteiger partial charge is 0.480 e. The quantitative estimate of drug-likeness (QED) is 0.275. The Kier molecular flexibility index (Phi) is 6.85. The van der Waals surface area contributed by atoms with Crippen molar-refractivity contribution in [2.45, 2.75) is 11.4 Å². The number of carbonyl (C=O) groups is 3. The van der Waals surface area contributed by atoms with Crippen LogP contribution in [0.25, 0.3) is 0 Å². The highest BCUT2D eigenvalue weighted by molar-refractivity contribution is 8.00. The van der Waals surface area contributed by atoms with Crippen LogP contribution in [0.15, 0.2) is 39.2 Å². The number of oxime groups is 1. The molecule has 146 valence electrons. The molecular weight excluding hydrogens is 382 g/mol. The molecule has 27 heavy (non-hydrogen) atoms. The Labute approximate surface area is 157 Å².